The summed E-state index contributed by atoms with van der Waals surface area (Å²) in [5.74, 6) is 0.737. The second-order valence-electron chi connectivity index (χ2n) is 4.13. The first kappa shape index (κ1) is 10.0. The van der Waals surface area contributed by atoms with Crippen LogP contribution in [0, 0.1) is 11.8 Å². The summed E-state index contributed by atoms with van der Waals surface area (Å²) in [7, 11) is 0. The minimum atomic E-state index is -0.455. The van der Waals surface area contributed by atoms with E-state index in [9.17, 15) is 5.11 Å². The molecule has 0 aromatic carbocycles. The summed E-state index contributed by atoms with van der Waals surface area (Å²) in [6.07, 6.45) is 4.38. The van der Waals surface area contributed by atoms with Crippen molar-refractivity contribution in [2.75, 3.05) is 6.54 Å². The first-order valence-electron chi connectivity index (χ1n) is 5.07. The lowest BCUT2D eigenvalue weighted by atomic mass is 9.79. The van der Waals surface area contributed by atoms with Crippen molar-refractivity contribution in [1.29, 1.82) is 0 Å². The number of nitrogens with two attached hydrogens (primary N) is 1. The molecule has 0 bridgehead atoms. The molecule has 1 rings (SSSR count). The second kappa shape index (κ2) is 3.75. The SMILES string of the molecule is CCC1CCCC1(O)C(C)CN. The first-order chi connectivity index (χ1) is 5.65. The monoisotopic (exact) mass is 171 g/mol. The average Bonchev–Trinajstić information content (AvgIpc) is 2.46. The van der Waals surface area contributed by atoms with Gasteiger partial charge in [-0.25, -0.2) is 0 Å². The fourth-order valence-electron chi connectivity index (χ4n) is 2.50. The van der Waals surface area contributed by atoms with Crippen LogP contribution in [0.2, 0.25) is 0 Å². The maximum absolute atomic E-state index is 10.3. The van der Waals surface area contributed by atoms with E-state index in [1.807, 2.05) is 0 Å². The Morgan fingerprint density at radius 3 is 2.83 bits per heavy atom. The van der Waals surface area contributed by atoms with Gasteiger partial charge in [0.15, 0.2) is 0 Å². The van der Waals surface area contributed by atoms with Gasteiger partial charge in [0.25, 0.3) is 0 Å². The standard InChI is InChI=1S/C10H21NO/c1-3-9-5-4-6-10(9,12)8(2)7-11/h8-9,12H,3-7,11H2,1-2H3. The molecule has 3 N–H and O–H groups in total. The van der Waals surface area contributed by atoms with Crippen molar-refractivity contribution in [2.24, 2.45) is 17.6 Å². The van der Waals surface area contributed by atoms with E-state index in [1.54, 1.807) is 0 Å². The minimum Gasteiger partial charge on any atom is -0.389 e. The maximum Gasteiger partial charge on any atom is 0.0713 e. The molecule has 3 atom stereocenters. The maximum atomic E-state index is 10.3. The summed E-state index contributed by atoms with van der Waals surface area (Å²) >= 11 is 0. The van der Waals surface area contributed by atoms with Crippen LogP contribution in [0.25, 0.3) is 0 Å². The van der Waals surface area contributed by atoms with Gasteiger partial charge in [-0.3, -0.25) is 0 Å². The fourth-order valence-corrected chi connectivity index (χ4v) is 2.50. The van der Waals surface area contributed by atoms with E-state index >= 15 is 0 Å². The Balaban J connectivity index is 2.67. The lowest BCUT2D eigenvalue weighted by Crippen LogP contribution is -2.43. The van der Waals surface area contributed by atoms with Crippen molar-refractivity contribution in [1.82, 2.24) is 0 Å². The number of hydrogen-bond donors (Lipinski definition) is 2. The molecule has 0 aliphatic heterocycles. The zero-order chi connectivity index (χ0) is 9.19. The summed E-state index contributed by atoms with van der Waals surface area (Å²) in [6, 6.07) is 0. The highest BCUT2D eigenvalue weighted by Gasteiger charge is 2.43. The number of aliphatic hydroxyl groups is 1. The van der Waals surface area contributed by atoms with Crippen LogP contribution in [0.15, 0.2) is 0 Å². The first-order valence-corrected chi connectivity index (χ1v) is 5.07. The molecule has 1 saturated carbocycles. The highest BCUT2D eigenvalue weighted by molar-refractivity contribution is 4.95. The van der Waals surface area contributed by atoms with Crippen molar-refractivity contribution < 1.29 is 5.11 Å². The van der Waals surface area contributed by atoms with Gasteiger partial charge in [0.2, 0.25) is 0 Å². The molecule has 0 aromatic heterocycles. The van der Waals surface area contributed by atoms with E-state index in [1.165, 1.54) is 12.8 Å². The summed E-state index contributed by atoms with van der Waals surface area (Å²) in [6.45, 7) is 4.82. The van der Waals surface area contributed by atoms with Crippen molar-refractivity contribution >= 4 is 0 Å². The number of hydrogen-bond acceptors (Lipinski definition) is 2. The van der Waals surface area contributed by atoms with E-state index in [-0.39, 0.29) is 5.92 Å². The molecule has 1 fully saturated rings. The predicted octanol–water partition coefficient (Wildman–Crippen LogP) is 1.52. The smallest absolute Gasteiger partial charge is 0.0713 e. The Labute approximate surface area is 75.2 Å². The third-order valence-corrected chi connectivity index (χ3v) is 3.54. The van der Waals surface area contributed by atoms with Crippen LogP contribution in [0.4, 0.5) is 0 Å². The van der Waals surface area contributed by atoms with Gasteiger partial charge in [-0.15, -0.1) is 0 Å². The summed E-state index contributed by atoms with van der Waals surface area (Å²) in [5.41, 5.74) is 5.14. The number of rotatable bonds is 3. The van der Waals surface area contributed by atoms with Crippen molar-refractivity contribution in [3.8, 4) is 0 Å². The van der Waals surface area contributed by atoms with Crippen LogP contribution in [-0.4, -0.2) is 17.3 Å². The van der Waals surface area contributed by atoms with E-state index in [0.29, 0.717) is 12.5 Å². The molecule has 0 aromatic rings. The van der Waals surface area contributed by atoms with Gasteiger partial charge in [0.05, 0.1) is 5.60 Å². The third-order valence-electron chi connectivity index (χ3n) is 3.54. The van der Waals surface area contributed by atoms with Crippen LogP contribution in [0.5, 0.6) is 0 Å². The zero-order valence-corrected chi connectivity index (χ0v) is 8.21. The molecule has 0 heterocycles. The second-order valence-corrected chi connectivity index (χ2v) is 4.13. The molecular weight excluding hydrogens is 150 g/mol. The van der Waals surface area contributed by atoms with Crippen molar-refractivity contribution in [2.45, 2.75) is 45.1 Å². The Hall–Kier alpha value is -0.0800. The van der Waals surface area contributed by atoms with Crippen LogP contribution in [0.3, 0.4) is 0 Å². The van der Waals surface area contributed by atoms with E-state index in [2.05, 4.69) is 13.8 Å². The minimum absolute atomic E-state index is 0.255. The third kappa shape index (κ3) is 1.50. The molecule has 12 heavy (non-hydrogen) atoms. The molecular formula is C10H21NO. The lowest BCUT2D eigenvalue weighted by molar-refractivity contribution is -0.0435. The molecule has 2 nitrogen and oxygen atoms in total. The van der Waals surface area contributed by atoms with Crippen LogP contribution >= 0.6 is 0 Å². The molecule has 0 amide bonds. The van der Waals surface area contributed by atoms with Gasteiger partial charge in [-0.2, -0.15) is 0 Å². The van der Waals surface area contributed by atoms with Crippen LogP contribution in [-0.2, 0) is 0 Å². The van der Waals surface area contributed by atoms with Gasteiger partial charge < -0.3 is 10.8 Å². The Morgan fingerprint density at radius 2 is 2.33 bits per heavy atom. The summed E-state index contributed by atoms with van der Waals surface area (Å²) in [4.78, 5) is 0. The highest BCUT2D eigenvalue weighted by atomic mass is 16.3. The average molecular weight is 171 g/mol. The topological polar surface area (TPSA) is 46.2 Å². The fraction of sp³-hybridized carbons (Fsp3) is 1.00. The normalized spacial score (nSPS) is 38.5. The molecule has 2 heteroatoms. The van der Waals surface area contributed by atoms with Gasteiger partial charge in [-0.1, -0.05) is 26.7 Å². The molecule has 1 aliphatic carbocycles. The molecule has 1 aliphatic rings. The molecule has 0 radical (unpaired) electrons. The Bertz CT molecular complexity index is 149. The molecule has 3 unspecified atom stereocenters. The van der Waals surface area contributed by atoms with E-state index < -0.39 is 5.60 Å². The summed E-state index contributed by atoms with van der Waals surface area (Å²) in [5, 5.41) is 10.3. The van der Waals surface area contributed by atoms with Crippen LogP contribution < -0.4 is 5.73 Å². The molecule has 0 saturated heterocycles. The highest BCUT2D eigenvalue weighted by Crippen LogP contribution is 2.42. The lowest BCUT2D eigenvalue weighted by Gasteiger charge is -2.35. The zero-order valence-electron chi connectivity index (χ0n) is 8.21. The van der Waals surface area contributed by atoms with Crippen molar-refractivity contribution in [3.05, 3.63) is 0 Å². The quantitative estimate of drug-likeness (QED) is 0.676. The Morgan fingerprint density at radius 1 is 1.67 bits per heavy atom. The molecule has 72 valence electrons. The van der Waals surface area contributed by atoms with Gasteiger partial charge >= 0.3 is 0 Å². The predicted molar refractivity (Wildman–Crippen MR) is 50.8 cm³/mol. The van der Waals surface area contributed by atoms with Gasteiger partial charge in [-0.05, 0) is 31.2 Å². The van der Waals surface area contributed by atoms with Crippen LogP contribution in [0.1, 0.15) is 39.5 Å². The van der Waals surface area contributed by atoms with Gasteiger partial charge in [0, 0.05) is 0 Å². The molecule has 0 spiro atoms. The van der Waals surface area contributed by atoms with E-state index in [4.69, 9.17) is 5.73 Å². The van der Waals surface area contributed by atoms with Gasteiger partial charge in [0.1, 0.15) is 0 Å². The largest absolute Gasteiger partial charge is 0.389 e. The van der Waals surface area contributed by atoms with Crippen molar-refractivity contribution in [3.63, 3.8) is 0 Å². The Kier molecular flexibility index (Phi) is 3.13. The van der Waals surface area contributed by atoms with E-state index in [0.717, 1.165) is 12.8 Å². The summed E-state index contributed by atoms with van der Waals surface area (Å²) < 4.78 is 0.